The van der Waals surface area contributed by atoms with Crippen molar-refractivity contribution in [3.05, 3.63) is 48.6 Å². The van der Waals surface area contributed by atoms with Gasteiger partial charge in [-0.15, -0.1) is 0 Å². The molecule has 4 heterocycles. The molecule has 228 valence electrons. The first-order chi connectivity index (χ1) is 20.1. The zero-order chi connectivity index (χ0) is 30.4. The molecule has 1 aromatic carbocycles. The Morgan fingerprint density at radius 1 is 0.952 bits per heavy atom. The number of hydrogen-bond acceptors (Lipinski definition) is 6. The van der Waals surface area contributed by atoms with Crippen molar-refractivity contribution >= 4 is 29.1 Å². The Balaban J connectivity index is 1.62. The number of aliphatic hydroxyl groups is 1. The zero-order valence-electron chi connectivity index (χ0n) is 25.8. The van der Waals surface area contributed by atoms with Gasteiger partial charge in [0.1, 0.15) is 11.6 Å². The van der Waals surface area contributed by atoms with Gasteiger partial charge < -0.3 is 29.4 Å². The number of hydrogen-bond donors (Lipinski definition) is 1. The van der Waals surface area contributed by atoms with Gasteiger partial charge in [-0.2, -0.15) is 0 Å². The minimum atomic E-state index is -1.35. The van der Waals surface area contributed by atoms with Crippen LogP contribution in [0.3, 0.4) is 0 Å². The van der Waals surface area contributed by atoms with Gasteiger partial charge in [0.2, 0.25) is 11.8 Å². The highest BCUT2D eigenvalue weighted by atomic mass is 16.5. The van der Waals surface area contributed by atoms with E-state index in [1.54, 1.807) is 14.7 Å². The van der Waals surface area contributed by atoms with Gasteiger partial charge in [0, 0.05) is 44.1 Å². The van der Waals surface area contributed by atoms with Gasteiger partial charge in [-0.1, -0.05) is 45.1 Å². The number of fused-ring (bicyclic) bond motifs is 2. The van der Waals surface area contributed by atoms with Crippen LogP contribution < -0.4 is 9.80 Å². The number of carbonyl (C=O) groups is 3. The van der Waals surface area contributed by atoms with E-state index in [1.165, 1.54) is 0 Å². The molecule has 42 heavy (non-hydrogen) atoms. The number of amides is 3. The molecule has 2 saturated heterocycles. The minimum absolute atomic E-state index is 0.121. The smallest absolute Gasteiger partial charge is 0.253 e. The summed E-state index contributed by atoms with van der Waals surface area (Å²) in [5.41, 5.74) is -0.602. The number of carbonyl (C=O) groups excluding carboxylic acids is 3. The number of aliphatic hydroxyl groups excluding tert-OH is 1. The van der Waals surface area contributed by atoms with E-state index in [1.807, 2.05) is 76.3 Å². The Hall–Kier alpha value is -3.17. The average Bonchev–Trinajstić information content (AvgIpc) is 3.23. The van der Waals surface area contributed by atoms with Crippen LogP contribution >= 0.6 is 0 Å². The minimum Gasteiger partial charge on any atom is -0.394 e. The third kappa shape index (κ3) is 4.56. The summed E-state index contributed by atoms with van der Waals surface area (Å²) in [6.45, 7) is 14.8. The summed E-state index contributed by atoms with van der Waals surface area (Å²) in [7, 11) is 0. The third-order valence-corrected chi connectivity index (χ3v) is 9.68. The summed E-state index contributed by atoms with van der Waals surface area (Å²) in [5.74, 6) is -2.50. The number of anilines is 2. The Morgan fingerprint density at radius 2 is 1.62 bits per heavy atom. The van der Waals surface area contributed by atoms with Crippen LogP contribution in [-0.2, 0) is 19.1 Å². The highest BCUT2D eigenvalue weighted by molar-refractivity contribution is 6.06. The van der Waals surface area contributed by atoms with Crippen LogP contribution in [-0.4, -0.2) is 95.2 Å². The number of rotatable bonds is 9. The first-order valence-corrected chi connectivity index (χ1v) is 15.5. The van der Waals surface area contributed by atoms with E-state index in [0.29, 0.717) is 19.6 Å². The topological polar surface area (TPSA) is 93.6 Å². The maximum Gasteiger partial charge on any atom is 0.253 e. The van der Waals surface area contributed by atoms with Crippen LogP contribution in [0.1, 0.15) is 48.0 Å². The highest BCUT2D eigenvalue weighted by Gasteiger charge is 2.75. The fourth-order valence-electron chi connectivity index (χ4n) is 7.62. The van der Waals surface area contributed by atoms with Crippen molar-refractivity contribution in [3.63, 3.8) is 0 Å². The normalized spacial score (nSPS) is 31.3. The third-order valence-electron chi connectivity index (χ3n) is 9.68. The molecule has 4 aliphatic rings. The second-order valence-corrected chi connectivity index (χ2v) is 12.5. The molecular formula is C33H46N4O5. The molecule has 9 heteroatoms. The second-order valence-electron chi connectivity index (χ2n) is 12.5. The predicted octanol–water partition coefficient (Wildman–Crippen LogP) is 3.23. The maximum absolute atomic E-state index is 14.7. The van der Waals surface area contributed by atoms with E-state index in [2.05, 4.69) is 18.7 Å². The molecule has 9 nitrogen and oxygen atoms in total. The SMILES string of the molecule is CCCN1CC=C[C@]2(C)O[C@]34C=CCN(c5ccc(N(CC)CC)cc5)C(=O)C3N([C@@H](CO)C(C)C)C(=O)[C@@H]4[C@@H]2C1=O. The monoisotopic (exact) mass is 578 g/mol. The predicted molar refractivity (Wildman–Crippen MR) is 163 cm³/mol. The molecule has 0 bridgehead atoms. The average molecular weight is 579 g/mol. The summed E-state index contributed by atoms with van der Waals surface area (Å²) in [6, 6.07) is 6.28. The van der Waals surface area contributed by atoms with Gasteiger partial charge in [-0.25, -0.2) is 0 Å². The first kappa shape index (κ1) is 30.3. The van der Waals surface area contributed by atoms with Crippen molar-refractivity contribution in [1.29, 1.82) is 0 Å². The zero-order valence-corrected chi connectivity index (χ0v) is 25.8. The van der Waals surface area contributed by atoms with Crippen LogP contribution in [0.5, 0.6) is 0 Å². The van der Waals surface area contributed by atoms with Crippen LogP contribution in [0.4, 0.5) is 11.4 Å². The van der Waals surface area contributed by atoms with Crippen molar-refractivity contribution < 1.29 is 24.2 Å². The van der Waals surface area contributed by atoms with Crippen molar-refractivity contribution in [2.75, 3.05) is 49.1 Å². The van der Waals surface area contributed by atoms with Crippen molar-refractivity contribution in [2.24, 2.45) is 17.8 Å². The lowest BCUT2D eigenvalue weighted by Crippen LogP contribution is -2.59. The van der Waals surface area contributed by atoms with Gasteiger partial charge in [-0.3, -0.25) is 14.4 Å². The fraction of sp³-hybridized carbons (Fsp3) is 0.606. The van der Waals surface area contributed by atoms with Crippen molar-refractivity contribution in [3.8, 4) is 0 Å². The quantitative estimate of drug-likeness (QED) is 0.453. The second kappa shape index (κ2) is 11.5. The van der Waals surface area contributed by atoms with Gasteiger partial charge in [0.15, 0.2) is 0 Å². The molecule has 0 aromatic heterocycles. The van der Waals surface area contributed by atoms with Crippen molar-refractivity contribution in [2.45, 2.75) is 71.2 Å². The van der Waals surface area contributed by atoms with E-state index < -0.39 is 35.1 Å². The molecule has 2 fully saturated rings. The lowest BCUT2D eigenvalue weighted by atomic mass is 9.74. The summed E-state index contributed by atoms with van der Waals surface area (Å²) in [6.07, 6.45) is 8.41. The Labute approximate surface area is 249 Å². The Morgan fingerprint density at radius 3 is 2.21 bits per heavy atom. The highest BCUT2D eigenvalue weighted by Crippen LogP contribution is 2.58. The molecule has 0 radical (unpaired) electrons. The van der Waals surface area contributed by atoms with E-state index in [9.17, 15) is 19.5 Å². The van der Waals surface area contributed by atoms with Crippen LogP contribution in [0.25, 0.3) is 0 Å². The maximum atomic E-state index is 14.7. The standard InChI is InChI=1S/C33H46N4O5/c1-7-18-35-19-10-16-32(6)26(29(35)39)27-30(40)37(25(21-38)22(4)5)28-31(41)36(20-11-17-33(27,28)42-32)24-14-12-23(13-15-24)34(8-2)9-3/h10-17,22,25-28,38H,7-9,18-21H2,1-6H3/t25-,26+,27-,28?,32-,33-/m0/s1. The van der Waals surface area contributed by atoms with E-state index in [0.717, 1.165) is 30.9 Å². The summed E-state index contributed by atoms with van der Waals surface area (Å²) >= 11 is 0. The Bertz CT molecular complexity index is 1260. The van der Waals surface area contributed by atoms with E-state index >= 15 is 0 Å². The molecular weight excluding hydrogens is 532 g/mol. The van der Waals surface area contributed by atoms with E-state index in [4.69, 9.17) is 4.74 Å². The number of likely N-dealkylation sites (tertiary alicyclic amines) is 1. The summed E-state index contributed by atoms with van der Waals surface area (Å²) in [4.78, 5) is 50.7. The molecule has 1 N–H and O–H groups in total. The molecule has 1 aromatic rings. The van der Waals surface area contributed by atoms with E-state index in [-0.39, 0.29) is 30.2 Å². The first-order valence-electron chi connectivity index (χ1n) is 15.5. The molecule has 3 amide bonds. The van der Waals surface area contributed by atoms with Gasteiger partial charge in [0.05, 0.1) is 30.1 Å². The number of nitrogens with zero attached hydrogens (tertiary/aromatic N) is 4. The van der Waals surface area contributed by atoms with Gasteiger partial charge in [-0.05, 0) is 57.4 Å². The van der Waals surface area contributed by atoms with Gasteiger partial charge in [0.25, 0.3) is 5.91 Å². The molecule has 6 atom stereocenters. The molecule has 1 unspecified atom stereocenters. The Kier molecular flexibility index (Phi) is 8.29. The van der Waals surface area contributed by atoms with Crippen LogP contribution in [0.2, 0.25) is 0 Å². The summed E-state index contributed by atoms with van der Waals surface area (Å²) in [5, 5.41) is 10.5. The molecule has 0 aliphatic carbocycles. The molecule has 5 rings (SSSR count). The lowest BCUT2D eigenvalue weighted by molar-refractivity contribution is -0.152. The van der Waals surface area contributed by atoms with Crippen LogP contribution in [0.15, 0.2) is 48.6 Å². The molecule has 4 aliphatic heterocycles. The lowest BCUT2D eigenvalue weighted by Gasteiger charge is -2.41. The fourth-order valence-corrected chi connectivity index (χ4v) is 7.62. The van der Waals surface area contributed by atoms with Gasteiger partial charge >= 0.3 is 0 Å². The molecule has 0 saturated carbocycles. The number of ether oxygens (including phenoxy) is 1. The largest absolute Gasteiger partial charge is 0.394 e. The van der Waals surface area contributed by atoms with Crippen molar-refractivity contribution in [1.82, 2.24) is 9.80 Å². The number of benzene rings is 1. The summed E-state index contributed by atoms with van der Waals surface area (Å²) < 4.78 is 6.92. The molecule has 1 spiro atoms. The van der Waals surface area contributed by atoms with Crippen LogP contribution in [0, 0.1) is 17.8 Å².